The van der Waals surface area contributed by atoms with Gasteiger partial charge in [-0.3, -0.25) is 14.9 Å². The quantitative estimate of drug-likeness (QED) is 0.598. The highest BCUT2D eigenvalue weighted by Gasteiger charge is 2.55. The topological polar surface area (TPSA) is 96.0 Å². The molecule has 0 fully saturated rings. The van der Waals surface area contributed by atoms with E-state index in [1.807, 2.05) is 0 Å². The maximum atomic E-state index is 14.0. The molecule has 2 unspecified atom stereocenters. The van der Waals surface area contributed by atoms with Gasteiger partial charge in [-0.15, -0.1) is 0 Å². The number of nitrogens with zero attached hydrogens (tertiary/aromatic N) is 3. The summed E-state index contributed by atoms with van der Waals surface area (Å²) in [5.41, 5.74) is -1.20. The van der Waals surface area contributed by atoms with E-state index in [9.17, 15) is 35.2 Å². The zero-order valence-electron chi connectivity index (χ0n) is 15.0. The number of benzene rings is 1. The summed E-state index contributed by atoms with van der Waals surface area (Å²) < 4.78 is 93.7. The van der Waals surface area contributed by atoms with E-state index in [0.29, 0.717) is 18.3 Å². The van der Waals surface area contributed by atoms with Crippen LogP contribution in [-0.4, -0.2) is 33.7 Å². The lowest BCUT2D eigenvalue weighted by molar-refractivity contribution is -0.141. The van der Waals surface area contributed by atoms with Crippen molar-refractivity contribution in [3.63, 3.8) is 0 Å². The van der Waals surface area contributed by atoms with E-state index in [-0.39, 0.29) is 22.4 Å². The van der Waals surface area contributed by atoms with Gasteiger partial charge in [0.15, 0.2) is 11.6 Å². The van der Waals surface area contributed by atoms with Crippen molar-refractivity contribution in [3.8, 4) is 0 Å². The number of halogens is 5. The minimum Gasteiger partial charge on any atom is -0.290 e. The average molecular weight is 456 g/mol. The molecule has 1 aromatic carbocycles. The van der Waals surface area contributed by atoms with Gasteiger partial charge >= 0.3 is 6.18 Å². The molecule has 160 valence electrons. The first kappa shape index (κ1) is 19.8. The Bertz CT molecular complexity index is 1350. The Hall–Kier alpha value is -3.19. The minimum atomic E-state index is -4.78. The fourth-order valence-electron chi connectivity index (χ4n) is 3.97. The maximum absolute atomic E-state index is 14.0. The zero-order valence-corrected chi connectivity index (χ0v) is 15.8. The Labute approximate surface area is 170 Å². The Kier molecular flexibility index (Phi) is 3.93. The first-order valence-corrected chi connectivity index (χ1v) is 10.1. The number of hydrogen-bond acceptors (Lipinski definition) is 5. The molecule has 2 bridgehead atoms. The lowest BCUT2D eigenvalue weighted by atomic mass is 10.00. The standard InChI is InChI=1S/C18H9F5N4O3S/c19-11-3-8-9(4-12(11)20)16-17(28)14-10(6-25-26-14)15(8)27(16)31(29,30)7-1-2-13(24-5-7)18(21,22)23/h1-6,15-16H,(H,25,26). The largest absolute Gasteiger partial charge is 0.433 e. The van der Waals surface area contributed by atoms with E-state index < -0.39 is 56.3 Å². The molecule has 3 aromatic rings. The number of ketones is 1. The van der Waals surface area contributed by atoms with Crippen LogP contribution in [0.25, 0.3) is 0 Å². The number of fused-ring (bicyclic) bond motifs is 7. The molecule has 7 nitrogen and oxygen atoms in total. The number of H-pyrrole nitrogens is 1. The van der Waals surface area contributed by atoms with Crippen LogP contribution in [0.2, 0.25) is 0 Å². The summed E-state index contributed by atoms with van der Waals surface area (Å²) in [5.74, 6) is -3.26. The van der Waals surface area contributed by atoms with E-state index in [1.54, 1.807) is 0 Å². The van der Waals surface area contributed by atoms with E-state index in [0.717, 1.165) is 16.4 Å². The number of Topliss-reactive ketones (excluding diaryl/α,β-unsaturated/α-hetero) is 1. The lowest BCUT2D eigenvalue weighted by Gasteiger charge is -2.32. The molecule has 31 heavy (non-hydrogen) atoms. The zero-order chi connectivity index (χ0) is 22.3. The van der Waals surface area contributed by atoms with E-state index in [2.05, 4.69) is 15.2 Å². The third-order valence-corrected chi connectivity index (χ3v) is 7.10. The van der Waals surface area contributed by atoms with Gasteiger partial charge in [0.05, 0.1) is 12.2 Å². The molecule has 5 rings (SSSR count). The lowest BCUT2D eigenvalue weighted by Crippen LogP contribution is -2.41. The number of aromatic amines is 1. The van der Waals surface area contributed by atoms with Crippen molar-refractivity contribution in [3.05, 3.63) is 76.4 Å². The van der Waals surface area contributed by atoms with Crippen LogP contribution in [0.4, 0.5) is 22.0 Å². The molecule has 2 aliphatic rings. The second-order valence-electron chi connectivity index (χ2n) is 6.98. The van der Waals surface area contributed by atoms with Crippen LogP contribution < -0.4 is 0 Å². The number of carbonyl (C=O) groups is 1. The third-order valence-electron chi connectivity index (χ3n) is 5.28. The molecule has 2 aliphatic heterocycles. The maximum Gasteiger partial charge on any atom is 0.433 e. The number of nitrogens with one attached hydrogen (secondary N) is 1. The number of pyridine rings is 1. The molecule has 0 spiro atoms. The molecule has 2 aromatic heterocycles. The summed E-state index contributed by atoms with van der Waals surface area (Å²) in [4.78, 5) is 15.6. The van der Waals surface area contributed by atoms with Crippen molar-refractivity contribution >= 4 is 15.8 Å². The van der Waals surface area contributed by atoms with Gasteiger partial charge in [-0.25, -0.2) is 17.2 Å². The molecular formula is C18H9F5N4O3S. The highest BCUT2D eigenvalue weighted by molar-refractivity contribution is 7.89. The second kappa shape index (κ2) is 6.17. The number of aromatic nitrogens is 3. The second-order valence-corrected chi connectivity index (χ2v) is 8.82. The van der Waals surface area contributed by atoms with Crippen molar-refractivity contribution in [1.82, 2.24) is 19.5 Å². The predicted octanol–water partition coefficient (Wildman–Crippen LogP) is 3.13. The molecule has 2 atom stereocenters. The molecule has 0 saturated carbocycles. The van der Waals surface area contributed by atoms with Crippen molar-refractivity contribution in [2.45, 2.75) is 23.2 Å². The van der Waals surface area contributed by atoms with Crippen molar-refractivity contribution in [2.75, 3.05) is 0 Å². The molecule has 0 radical (unpaired) electrons. The van der Waals surface area contributed by atoms with Gasteiger partial charge in [0.2, 0.25) is 15.8 Å². The predicted molar refractivity (Wildman–Crippen MR) is 92.1 cm³/mol. The normalized spacial score (nSPS) is 20.6. The molecular weight excluding hydrogens is 447 g/mol. The average Bonchev–Trinajstić information content (AvgIpc) is 3.29. The SMILES string of the molecule is O=C1c2[nH]ncc2C2c3cc(F)c(F)cc3C1N2S(=O)(=O)c1ccc(C(F)(F)F)nc1. The number of carbonyl (C=O) groups excluding carboxylic acids is 1. The van der Waals surface area contributed by atoms with Crippen LogP contribution in [0.15, 0.2) is 41.6 Å². The highest BCUT2D eigenvalue weighted by Crippen LogP contribution is 2.54. The van der Waals surface area contributed by atoms with Crippen molar-refractivity contribution in [2.24, 2.45) is 0 Å². The first-order valence-electron chi connectivity index (χ1n) is 8.65. The van der Waals surface area contributed by atoms with Gasteiger partial charge in [-0.05, 0) is 35.4 Å². The van der Waals surface area contributed by atoms with Crippen LogP contribution >= 0.6 is 0 Å². The summed E-state index contributed by atoms with van der Waals surface area (Å²) in [6, 6.07) is -0.00961. The van der Waals surface area contributed by atoms with E-state index >= 15 is 0 Å². The van der Waals surface area contributed by atoms with Gasteiger partial charge in [-0.1, -0.05) is 0 Å². The van der Waals surface area contributed by atoms with Crippen molar-refractivity contribution < 1.29 is 35.2 Å². The van der Waals surface area contributed by atoms with Crippen molar-refractivity contribution in [1.29, 1.82) is 0 Å². The fourth-order valence-corrected chi connectivity index (χ4v) is 5.63. The third kappa shape index (κ3) is 2.66. The van der Waals surface area contributed by atoms with Crippen LogP contribution in [0.3, 0.4) is 0 Å². The number of sulfonamides is 1. The van der Waals surface area contributed by atoms with Crippen LogP contribution in [0, 0.1) is 11.6 Å². The highest BCUT2D eigenvalue weighted by atomic mass is 32.2. The number of hydrogen-bond donors (Lipinski definition) is 1. The van der Waals surface area contributed by atoms with Crippen LogP contribution in [0.5, 0.6) is 0 Å². The Morgan fingerprint density at radius 3 is 2.19 bits per heavy atom. The van der Waals surface area contributed by atoms with Gasteiger partial charge in [0, 0.05) is 11.8 Å². The molecule has 0 aliphatic carbocycles. The van der Waals surface area contributed by atoms with E-state index in [4.69, 9.17) is 0 Å². The summed E-state index contributed by atoms with van der Waals surface area (Å²) >= 11 is 0. The Morgan fingerprint density at radius 1 is 0.968 bits per heavy atom. The Morgan fingerprint density at radius 2 is 1.61 bits per heavy atom. The summed E-state index contributed by atoms with van der Waals surface area (Å²) in [6.45, 7) is 0. The van der Waals surface area contributed by atoms with Crippen LogP contribution in [0.1, 0.15) is 45.0 Å². The summed E-state index contributed by atoms with van der Waals surface area (Å²) in [5, 5.41) is 6.20. The number of alkyl halides is 3. The Balaban J connectivity index is 1.70. The van der Waals surface area contributed by atoms with Gasteiger partial charge < -0.3 is 0 Å². The number of rotatable bonds is 2. The monoisotopic (exact) mass is 456 g/mol. The van der Waals surface area contributed by atoms with Gasteiger partial charge in [0.25, 0.3) is 0 Å². The molecule has 0 amide bonds. The fraction of sp³-hybridized carbons (Fsp3) is 0.167. The smallest absolute Gasteiger partial charge is 0.290 e. The summed E-state index contributed by atoms with van der Waals surface area (Å²) in [6.07, 6.45) is -3.06. The van der Waals surface area contributed by atoms with Crippen LogP contribution in [-0.2, 0) is 16.2 Å². The molecule has 0 saturated heterocycles. The molecule has 4 heterocycles. The summed E-state index contributed by atoms with van der Waals surface area (Å²) in [7, 11) is -4.61. The molecule has 1 N–H and O–H groups in total. The first-order chi connectivity index (χ1) is 14.5. The van der Waals surface area contributed by atoms with E-state index in [1.165, 1.54) is 6.20 Å². The van der Waals surface area contributed by atoms with Gasteiger partial charge in [0.1, 0.15) is 22.3 Å². The van der Waals surface area contributed by atoms with Gasteiger partial charge in [-0.2, -0.15) is 22.6 Å². The minimum absolute atomic E-state index is 0.0102. The molecule has 13 heteroatoms.